The Morgan fingerprint density at radius 2 is 1.76 bits per heavy atom. The summed E-state index contributed by atoms with van der Waals surface area (Å²) in [5.74, 6) is -0.859. The van der Waals surface area contributed by atoms with E-state index in [0.717, 1.165) is 18.2 Å². The van der Waals surface area contributed by atoms with E-state index < -0.39 is 33.4 Å². The molecule has 12 heteroatoms. The lowest BCUT2D eigenvalue weighted by Crippen LogP contribution is -2.16. The van der Waals surface area contributed by atoms with E-state index in [4.69, 9.17) is 26.2 Å². The Balaban J connectivity index is 1.99. The van der Waals surface area contributed by atoms with Crippen molar-refractivity contribution in [2.45, 2.75) is 11.1 Å². The SMILES string of the molecule is COc1ccc(Oc2cc(C(F)(F)F)ccc2C(=O)Nc2cccc(S(N)(=O)=O)c2)cc1Cl. The molecule has 7 nitrogen and oxygen atoms in total. The van der Waals surface area contributed by atoms with Crippen LogP contribution in [-0.4, -0.2) is 21.4 Å². The number of primary sulfonamides is 1. The molecule has 0 bridgehead atoms. The third kappa shape index (κ3) is 5.95. The molecule has 0 fully saturated rings. The number of hydrogen-bond acceptors (Lipinski definition) is 5. The first-order valence-corrected chi connectivity index (χ1v) is 11.0. The van der Waals surface area contributed by atoms with Crippen LogP contribution in [0, 0.1) is 0 Å². The first kappa shape index (κ1) is 24.4. The van der Waals surface area contributed by atoms with Crippen LogP contribution in [0.3, 0.4) is 0 Å². The van der Waals surface area contributed by atoms with Crippen molar-refractivity contribution in [3.63, 3.8) is 0 Å². The van der Waals surface area contributed by atoms with Gasteiger partial charge in [-0.05, 0) is 48.5 Å². The number of halogens is 4. The van der Waals surface area contributed by atoms with Crippen LogP contribution in [0.2, 0.25) is 5.02 Å². The number of hydrogen-bond donors (Lipinski definition) is 2. The van der Waals surface area contributed by atoms with Gasteiger partial charge in [-0.15, -0.1) is 0 Å². The first-order valence-electron chi connectivity index (χ1n) is 9.05. The molecule has 0 aliphatic rings. The van der Waals surface area contributed by atoms with Gasteiger partial charge in [0, 0.05) is 11.8 Å². The molecule has 1 amide bonds. The van der Waals surface area contributed by atoms with E-state index in [9.17, 15) is 26.4 Å². The summed E-state index contributed by atoms with van der Waals surface area (Å²) in [6, 6.07) is 11.6. The number of rotatable bonds is 6. The van der Waals surface area contributed by atoms with Gasteiger partial charge in [0.05, 0.1) is 28.2 Å². The maximum absolute atomic E-state index is 13.2. The highest BCUT2D eigenvalue weighted by atomic mass is 35.5. The molecule has 0 unspecified atom stereocenters. The number of nitrogens with one attached hydrogen (secondary N) is 1. The number of carbonyl (C=O) groups is 1. The summed E-state index contributed by atoms with van der Waals surface area (Å²) in [5.41, 5.74) is -1.22. The predicted octanol–water partition coefficient (Wildman–Crippen LogP) is 5.06. The third-order valence-corrected chi connectivity index (χ3v) is 5.53. The van der Waals surface area contributed by atoms with Gasteiger partial charge in [0.2, 0.25) is 10.0 Å². The number of benzene rings is 3. The number of nitrogens with two attached hydrogens (primary N) is 1. The smallest absolute Gasteiger partial charge is 0.416 e. The summed E-state index contributed by atoms with van der Waals surface area (Å²) in [6.45, 7) is 0. The maximum Gasteiger partial charge on any atom is 0.416 e. The van der Waals surface area contributed by atoms with Crippen LogP contribution >= 0.6 is 11.6 Å². The van der Waals surface area contributed by atoms with Crippen LogP contribution in [0.25, 0.3) is 0 Å². The molecular formula is C21H16ClF3N2O5S. The molecule has 0 aliphatic heterocycles. The Hall–Kier alpha value is -3.28. The van der Waals surface area contributed by atoms with Crippen LogP contribution in [0.5, 0.6) is 17.2 Å². The molecule has 0 aromatic heterocycles. The highest BCUT2D eigenvalue weighted by Gasteiger charge is 2.32. The van der Waals surface area contributed by atoms with Crippen molar-refractivity contribution in [3.8, 4) is 17.2 Å². The fraction of sp³-hybridized carbons (Fsp3) is 0.0952. The highest BCUT2D eigenvalue weighted by Crippen LogP contribution is 2.37. The second-order valence-corrected chi connectivity index (χ2v) is 8.60. The van der Waals surface area contributed by atoms with Gasteiger partial charge in [-0.25, -0.2) is 13.6 Å². The van der Waals surface area contributed by atoms with Gasteiger partial charge >= 0.3 is 6.18 Å². The lowest BCUT2D eigenvalue weighted by atomic mass is 10.1. The average Bonchev–Trinajstić information content (AvgIpc) is 2.73. The minimum atomic E-state index is -4.69. The van der Waals surface area contributed by atoms with Crippen LogP contribution in [0.15, 0.2) is 65.6 Å². The first-order chi connectivity index (χ1) is 15.4. The van der Waals surface area contributed by atoms with Gasteiger partial charge < -0.3 is 14.8 Å². The minimum absolute atomic E-state index is 0.0601. The number of alkyl halides is 3. The van der Waals surface area contributed by atoms with Crippen molar-refractivity contribution in [2.24, 2.45) is 5.14 Å². The van der Waals surface area contributed by atoms with Gasteiger partial charge in [0.15, 0.2) is 0 Å². The molecule has 0 atom stereocenters. The number of sulfonamides is 1. The van der Waals surface area contributed by atoms with E-state index >= 15 is 0 Å². The molecule has 33 heavy (non-hydrogen) atoms. The Kier molecular flexibility index (Phi) is 6.86. The summed E-state index contributed by atoms with van der Waals surface area (Å²) < 4.78 is 73.3. The largest absolute Gasteiger partial charge is 0.495 e. The van der Waals surface area contributed by atoms with E-state index in [1.165, 1.54) is 43.5 Å². The lowest BCUT2D eigenvalue weighted by molar-refractivity contribution is -0.137. The van der Waals surface area contributed by atoms with Crippen LogP contribution < -0.4 is 19.9 Å². The molecule has 3 aromatic rings. The normalized spacial score (nSPS) is 11.7. The predicted molar refractivity (Wildman–Crippen MR) is 115 cm³/mol. The Morgan fingerprint density at radius 3 is 2.36 bits per heavy atom. The molecule has 174 valence electrons. The van der Waals surface area contributed by atoms with E-state index in [0.29, 0.717) is 11.8 Å². The van der Waals surface area contributed by atoms with Crippen molar-refractivity contribution >= 4 is 33.2 Å². The third-order valence-electron chi connectivity index (χ3n) is 4.33. The summed E-state index contributed by atoms with van der Waals surface area (Å²) in [4.78, 5) is 12.6. The van der Waals surface area contributed by atoms with E-state index in [2.05, 4.69) is 5.32 Å². The zero-order chi connectivity index (χ0) is 24.4. The molecule has 3 aromatic carbocycles. The Labute approximate surface area is 191 Å². The summed E-state index contributed by atoms with van der Waals surface area (Å²) in [7, 11) is -2.64. The topological polar surface area (TPSA) is 108 Å². The molecule has 0 spiro atoms. The van der Waals surface area contributed by atoms with Gasteiger partial charge in [0.25, 0.3) is 5.91 Å². The van der Waals surface area contributed by atoms with Crippen molar-refractivity contribution < 1.29 is 35.9 Å². The lowest BCUT2D eigenvalue weighted by Gasteiger charge is -2.15. The zero-order valence-electron chi connectivity index (χ0n) is 16.8. The molecular weight excluding hydrogens is 485 g/mol. The van der Waals surface area contributed by atoms with Gasteiger partial charge in [0.1, 0.15) is 17.2 Å². The maximum atomic E-state index is 13.2. The van der Waals surface area contributed by atoms with E-state index in [-0.39, 0.29) is 26.9 Å². The second-order valence-electron chi connectivity index (χ2n) is 6.63. The standard InChI is InChI=1S/C21H16ClF3N2O5S/c1-31-18-8-6-14(11-17(18)22)32-19-9-12(21(23,24)25)5-7-16(19)20(28)27-13-3-2-4-15(10-13)33(26,29)30/h2-11H,1H3,(H,27,28)(H2,26,29,30). The van der Waals surface area contributed by atoms with Crippen LogP contribution in [0.1, 0.15) is 15.9 Å². The molecule has 3 N–H and O–H groups in total. The van der Waals surface area contributed by atoms with Crippen LogP contribution in [0.4, 0.5) is 18.9 Å². The minimum Gasteiger partial charge on any atom is -0.495 e. The van der Waals surface area contributed by atoms with Gasteiger partial charge in [-0.3, -0.25) is 4.79 Å². The van der Waals surface area contributed by atoms with Crippen molar-refractivity contribution in [2.75, 3.05) is 12.4 Å². The van der Waals surface area contributed by atoms with Crippen molar-refractivity contribution in [3.05, 3.63) is 76.8 Å². The summed E-state index contributed by atoms with van der Waals surface area (Å²) in [5, 5.41) is 7.65. The Morgan fingerprint density at radius 1 is 1.03 bits per heavy atom. The summed E-state index contributed by atoms with van der Waals surface area (Å²) >= 11 is 6.04. The number of anilines is 1. The fourth-order valence-electron chi connectivity index (χ4n) is 2.76. The summed E-state index contributed by atoms with van der Waals surface area (Å²) in [6.07, 6.45) is -4.69. The zero-order valence-corrected chi connectivity index (χ0v) is 18.4. The monoisotopic (exact) mass is 500 g/mol. The van der Waals surface area contributed by atoms with Crippen molar-refractivity contribution in [1.82, 2.24) is 0 Å². The Bertz CT molecular complexity index is 1310. The number of carbonyl (C=O) groups excluding carboxylic acids is 1. The fourth-order valence-corrected chi connectivity index (χ4v) is 3.56. The number of ether oxygens (including phenoxy) is 2. The van der Waals surface area contributed by atoms with Crippen LogP contribution in [-0.2, 0) is 16.2 Å². The number of methoxy groups -OCH3 is 1. The highest BCUT2D eigenvalue weighted by molar-refractivity contribution is 7.89. The van der Waals surface area contributed by atoms with E-state index in [1.807, 2.05) is 0 Å². The average molecular weight is 501 g/mol. The second kappa shape index (κ2) is 9.30. The molecule has 0 radical (unpaired) electrons. The van der Waals surface area contributed by atoms with E-state index in [1.54, 1.807) is 0 Å². The van der Waals surface area contributed by atoms with Crippen molar-refractivity contribution in [1.29, 1.82) is 0 Å². The number of amides is 1. The molecule has 0 saturated carbocycles. The molecule has 0 saturated heterocycles. The molecule has 0 aliphatic carbocycles. The quantitative estimate of drug-likeness (QED) is 0.492. The molecule has 3 rings (SSSR count). The van der Waals surface area contributed by atoms with Gasteiger partial charge in [-0.2, -0.15) is 13.2 Å². The molecule has 0 heterocycles. The van der Waals surface area contributed by atoms with Gasteiger partial charge in [-0.1, -0.05) is 17.7 Å².